The lowest BCUT2D eigenvalue weighted by molar-refractivity contribution is -0.120. The van der Waals surface area contributed by atoms with E-state index >= 15 is 0 Å². The highest BCUT2D eigenvalue weighted by molar-refractivity contribution is 7.22. The molecule has 1 amide bonds. The third-order valence-electron chi connectivity index (χ3n) is 4.77. The van der Waals surface area contributed by atoms with Crippen molar-refractivity contribution in [1.29, 1.82) is 0 Å². The van der Waals surface area contributed by atoms with Crippen LogP contribution >= 0.6 is 11.3 Å². The first-order chi connectivity index (χ1) is 14.6. The number of thiazole rings is 1. The number of pyridine rings is 1. The summed E-state index contributed by atoms with van der Waals surface area (Å²) in [7, 11) is 0. The fraction of sp³-hybridized carbons (Fsp3) is 0.208. The quantitative estimate of drug-likeness (QED) is 0.402. The predicted octanol–water partition coefficient (Wildman–Crippen LogP) is 5.43. The third kappa shape index (κ3) is 4.66. The number of aromatic nitrogens is 2. The maximum atomic E-state index is 13.1. The van der Waals surface area contributed by atoms with Crippen molar-refractivity contribution in [2.24, 2.45) is 0 Å². The van der Waals surface area contributed by atoms with Crippen molar-refractivity contribution in [2.75, 3.05) is 11.5 Å². The van der Waals surface area contributed by atoms with Crippen molar-refractivity contribution in [3.63, 3.8) is 0 Å². The third-order valence-corrected chi connectivity index (χ3v) is 5.83. The molecular weight excluding hydrogens is 394 g/mol. The van der Waals surface area contributed by atoms with E-state index in [0.717, 1.165) is 15.9 Å². The zero-order chi connectivity index (χ0) is 20.9. The number of rotatable bonds is 7. The summed E-state index contributed by atoms with van der Waals surface area (Å²) in [6, 6.07) is 21.4. The van der Waals surface area contributed by atoms with Gasteiger partial charge >= 0.3 is 0 Å². The molecule has 0 bridgehead atoms. The van der Waals surface area contributed by atoms with E-state index in [2.05, 4.69) is 23.8 Å². The molecule has 5 nitrogen and oxygen atoms in total. The fourth-order valence-electron chi connectivity index (χ4n) is 3.06. The minimum Gasteiger partial charge on any atom is -0.484 e. The highest BCUT2D eigenvalue weighted by Crippen LogP contribution is 2.29. The maximum Gasteiger partial charge on any atom is 0.267 e. The number of amides is 1. The van der Waals surface area contributed by atoms with Crippen LogP contribution in [-0.4, -0.2) is 22.5 Å². The first-order valence-corrected chi connectivity index (χ1v) is 10.7. The second-order valence-electron chi connectivity index (χ2n) is 7.28. The summed E-state index contributed by atoms with van der Waals surface area (Å²) < 4.78 is 6.82. The van der Waals surface area contributed by atoms with E-state index in [-0.39, 0.29) is 12.5 Å². The highest BCUT2D eigenvalue weighted by atomic mass is 32.1. The van der Waals surface area contributed by atoms with Gasteiger partial charge in [-0.1, -0.05) is 55.5 Å². The summed E-state index contributed by atoms with van der Waals surface area (Å²) in [4.78, 5) is 23.8. The lowest BCUT2D eigenvalue weighted by Crippen LogP contribution is -2.34. The molecule has 30 heavy (non-hydrogen) atoms. The van der Waals surface area contributed by atoms with Gasteiger partial charge in [0.25, 0.3) is 5.91 Å². The number of nitrogens with zero attached hydrogens (tertiary/aromatic N) is 3. The zero-order valence-electron chi connectivity index (χ0n) is 17.0. The largest absolute Gasteiger partial charge is 0.484 e. The number of hydrogen-bond acceptors (Lipinski definition) is 5. The molecule has 0 unspecified atom stereocenters. The van der Waals surface area contributed by atoms with Crippen molar-refractivity contribution in [3.05, 3.63) is 84.2 Å². The van der Waals surface area contributed by atoms with E-state index in [9.17, 15) is 4.79 Å². The Morgan fingerprint density at radius 2 is 1.80 bits per heavy atom. The van der Waals surface area contributed by atoms with Crippen LogP contribution in [0.25, 0.3) is 10.2 Å². The van der Waals surface area contributed by atoms with Crippen molar-refractivity contribution in [2.45, 2.75) is 26.3 Å². The van der Waals surface area contributed by atoms with Gasteiger partial charge in [-0.2, -0.15) is 0 Å². The molecule has 6 heteroatoms. The van der Waals surface area contributed by atoms with Crippen LogP contribution in [0.1, 0.15) is 31.0 Å². The molecule has 0 aliphatic carbocycles. The minimum absolute atomic E-state index is 0.0657. The molecule has 4 rings (SSSR count). The average molecular weight is 418 g/mol. The van der Waals surface area contributed by atoms with E-state index < -0.39 is 0 Å². The van der Waals surface area contributed by atoms with E-state index in [1.807, 2.05) is 66.7 Å². The van der Waals surface area contributed by atoms with Crippen molar-refractivity contribution >= 4 is 32.6 Å². The van der Waals surface area contributed by atoms with Gasteiger partial charge in [0.2, 0.25) is 0 Å². The molecular formula is C24H23N3O2S. The van der Waals surface area contributed by atoms with Crippen LogP contribution in [0.3, 0.4) is 0 Å². The number of carbonyl (C=O) groups is 1. The molecule has 4 aromatic rings. The number of ether oxygens (including phenoxy) is 1. The summed E-state index contributed by atoms with van der Waals surface area (Å²) in [6.45, 7) is 4.57. The van der Waals surface area contributed by atoms with Crippen LogP contribution in [0.15, 0.2) is 72.9 Å². The molecule has 0 saturated heterocycles. The normalized spacial score (nSPS) is 11.0. The number of carbonyl (C=O) groups excluding carboxylic acids is 1. The van der Waals surface area contributed by atoms with Crippen LogP contribution in [0.5, 0.6) is 5.75 Å². The molecule has 0 N–H and O–H groups in total. The molecule has 2 heterocycles. The molecule has 0 aliphatic rings. The minimum atomic E-state index is -0.160. The molecule has 0 saturated carbocycles. The zero-order valence-corrected chi connectivity index (χ0v) is 17.8. The topological polar surface area (TPSA) is 55.3 Å². The van der Waals surface area contributed by atoms with Gasteiger partial charge < -0.3 is 4.74 Å². The molecule has 2 aromatic heterocycles. The van der Waals surface area contributed by atoms with Gasteiger partial charge in [-0.05, 0) is 47.9 Å². The van der Waals surface area contributed by atoms with E-state index in [1.54, 1.807) is 11.1 Å². The van der Waals surface area contributed by atoms with Crippen molar-refractivity contribution in [3.8, 4) is 5.75 Å². The number of benzene rings is 2. The second kappa shape index (κ2) is 9.05. The summed E-state index contributed by atoms with van der Waals surface area (Å²) in [5.41, 5.74) is 2.91. The Kier molecular flexibility index (Phi) is 6.05. The second-order valence-corrected chi connectivity index (χ2v) is 8.29. The smallest absolute Gasteiger partial charge is 0.267 e. The average Bonchev–Trinajstić information content (AvgIpc) is 3.20. The van der Waals surface area contributed by atoms with Crippen LogP contribution in [-0.2, 0) is 11.3 Å². The van der Waals surface area contributed by atoms with Gasteiger partial charge in [0.15, 0.2) is 11.7 Å². The van der Waals surface area contributed by atoms with Gasteiger partial charge in [0.05, 0.1) is 22.5 Å². The Balaban J connectivity index is 1.54. The monoisotopic (exact) mass is 417 g/mol. The summed E-state index contributed by atoms with van der Waals surface area (Å²) >= 11 is 1.49. The summed E-state index contributed by atoms with van der Waals surface area (Å²) in [6.07, 6.45) is 1.73. The Morgan fingerprint density at radius 3 is 2.50 bits per heavy atom. The summed E-state index contributed by atoms with van der Waals surface area (Å²) in [5, 5.41) is 0.644. The molecule has 0 fully saturated rings. The van der Waals surface area contributed by atoms with Crippen LogP contribution in [0.2, 0.25) is 0 Å². The van der Waals surface area contributed by atoms with Gasteiger partial charge in [0, 0.05) is 6.20 Å². The van der Waals surface area contributed by atoms with Gasteiger partial charge in [-0.25, -0.2) is 4.98 Å². The molecule has 0 spiro atoms. The standard InChI is InChI=1S/C24H23N3O2S/c1-17(2)18-10-12-20(13-11-18)29-16-23(28)27(15-19-7-5-6-14-25-19)24-26-21-8-3-4-9-22(21)30-24/h3-14,17H,15-16H2,1-2H3. The maximum absolute atomic E-state index is 13.1. The molecule has 0 radical (unpaired) electrons. The number of para-hydroxylation sites is 1. The van der Waals surface area contributed by atoms with Crippen molar-refractivity contribution < 1.29 is 9.53 Å². The lowest BCUT2D eigenvalue weighted by Gasteiger charge is -2.20. The van der Waals surface area contributed by atoms with Crippen LogP contribution in [0, 0.1) is 0 Å². The van der Waals surface area contributed by atoms with Gasteiger partial charge in [-0.3, -0.25) is 14.7 Å². The van der Waals surface area contributed by atoms with Crippen molar-refractivity contribution in [1.82, 2.24) is 9.97 Å². The molecule has 0 atom stereocenters. The lowest BCUT2D eigenvalue weighted by atomic mass is 10.0. The summed E-state index contributed by atoms with van der Waals surface area (Å²) in [5.74, 6) is 0.969. The fourth-order valence-corrected chi connectivity index (χ4v) is 4.05. The van der Waals surface area contributed by atoms with E-state index in [0.29, 0.717) is 23.3 Å². The van der Waals surface area contributed by atoms with Gasteiger partial charge in [-0.15, -0.1) is 0 Å². The number of anilines is 1. The van der Waals surface area contributed by atoms with E-state index in [4.69, 9.17) is 4.74 Å². The molecule has 152 valence electrons. The Bertz CT molecular complexity index is 1090. The van der Waals surface area contributed by atoms with Gasteiger partial charge in [0.1, 0.15) is 5.75 Å². The van der Waals surface area contributed by atoms with Crippen LogP contribution in [0.4, 0.5) is 5.13 Å². The Hall–Kier alpha value is -3.25. The number of hydrogen-bond donors (Lipinski definition) is 0. The first-order valence-electron chi connectivity index (χ1n) is 9.89. The SMILES string of the molecule is CC(C)c1ccc(OCC(=O)N(Cc2ccccn2)c2nc3ccccc3s2)cc1. The Labute approximate surface area is 180 Å². The van der Waals surface area contributed by atoms with Crippen LogP contribution < -0.4 is 9.64 Å². The molecule has 2 aromatic carbocycles. The predicted molar refractivity (Wildman–Crippen MR) is 121 cm³/mol. The highest BCUT2D eigenvalue weighted by Gasteiger charge is 2.21. The van der Waals surface area contributed by atoms with E-state index in [1.165, 1.54) is 16.9 Å². The first kappa shape index (κ1) is 20.0. The molecule has 0 aliphatic heterocycles. The Morgan fingerprint density at radius 1 is 1.03 bits per heavy atom. The number of fused-ring (bicyclic) bond motifs is 1.